The Morgan fingerprint density at radius 2 is 2.00 bits per heavy atom. The van der Waals surface area contributed by atoms with Gasteiger partial charge in [0.25, 0.3) is 5.91 Å². The second kappa shape index (κ2) is 9.50. The van der Waals surface area contributed by atoms with Gasteiger partial charge in [-0.3, -0.25) is 10.2 Å². The Kier molecular flexibility index (Phi) is 6.28. The molecule has 1 aromatic carbocycles. The molecular weight excluding hydrogens is 448 g/mol. The van der Waals surface area contributed by atoms with Crippen LogP contribution in [0.15, 0.2) is 52.2 Å². The molecule has 3 aliphatic heterocycles. The molecule has 0 radical (unpaired) electrons. The standard InChI is InChI=1S/C25H28N6O2S/c1-17-8-9-21(18(2)15-17)33-14-6-13-29-12-5-7-19(29)16-20-22(26)31-24(27-23(20)32)34-25(28-31)30-10-3-4-11-30/h5,7-9,12,15-16,26H,3-4,6,10-11,13-14H2,1-2H3/b20-16+,26-22?. The molecule has 0 saturated carbocycles. The van der Waals surface area contributed by atoms with Crippen molar-refractivity contribution in [2.24, 2.45) is 10.1 Å². The van der Waals surface area contributed by atoms with Gasteiger partial charge in [0.1, 0.15) is 5.75 Å². The van der Waals surface area contributed by atoms with Gasteiger partial charge in [-0.1, -0.05) is 17.7 Å². The van der Waals surface area contributed by atoms with Gasteiger partial charge >= 0.3 is 0 Å². The summed E-state index contributed by atoms with van der Waals surface area (Å²) in [6, 6.07) is 10.1. The minimum atomic E-state index is -0.396. The summed E-state index contributed by atoms with van der Waals surface area (Å²) in [6.07, 6.45) is 6.81. The molecule has 2 aromatic rings. The maximum Gasteiger partial charge on any atom is 0.283 e. The zero-order valence-electron chi connectivity index (χ0n) is 19.5. The minimum Gasteiger partial charge on any atom is -0.493 e. The predicted octanol–water partition coefficient (Wildman–Crippen LogP) is 4.25. The Labute approximate surface area is 203 Å². The van der Waals surface area contributed by atoms with Crippen molar-refractivity contribution < 1.29 is 9.53 Å². The number of hydrogen-bond acceptors (Lipinski definition) is 6. The molecule has 0 bridgehead atoms. The number of likely N-dealkylation sites (tertiary alicyclic amines) is 1. The first kappa shape index (κ1) is 22.5. The van der Waals surface area contributed by atoms with Crippen molar-refractivity contribution in [1.82, 2.24) is 14.5 Å². The third kappa shape index (κ3) is 4.52. The Hall–Kier alpha value is -3.33. The Bertz CT molecular complexity index is 1220. The van der Waals surface area contributed by atoms with Crippen LogP contribution in [0, 0.1) is 19.3 Å². The molecule has 1 aromatic heterocycles. The van der Waals surface area contributed by atoms with Crippen molar-refractivity contribution in [2.75, 3.05) is 19.7 Å². The molecular formula is C25H28N6O2S. The van der Waals surface area contributed by atoms with Crippen molar-refractivity contribution in [3.8, 4) is 5.75 Å². The van der Waals surface area contributed by atoms with Crippen LogP contribution in [0.3, 0.4) is 0 Å². The molecule has 34 heavy (non-hydrogen) atoms. The molecule has 4 heterocycles. The normalized spacial score (nSPS) is 19.1. The van der Waals surface area contributed by atoms with Crippen LogP contribution >= 0.6 is 11.8 Å². The second-order valence-corrected chi connectivity index (χ2v) is 9.63. The molecule has 5 rings (SSSR count). The number of nitrogens with one attached hydrogen (secondary N) is 1. The highest BCUT2D eigenvalue weighted by molar-refractivity contribution is 8.26. The van der Waals surface area contributed by atoms with Crippen LogP contribution in [-0.4, -0.2) is 56.3 Å². The van der Waals surface area contributed by atoms with Gasteiger partial charge in [0, 0.05) is 31.5 Å². The number of nitrogens with zero attached hydrogens (tertiary/aromatic N) is 5. The fourth-order valence-electron chi connectivity index (χ4n) is 4.31. The predicted molar refractivity (Wildman–Crippen MR) is 136 cm³/mol. The van der Waals surface area contributed by atoms with Crippen LogP contribution < -0.4 is 4.74 Å². The number of hydrazone groups is 1. The number of thioether (sulfide) groups is 1. The Morgan fingerprint density at radius 1 is 1.18 bits per heavy atom. The summed E-state index contributed by atoms with van der Waals surface area (Å²) in [5.74, 6) is 0.586. The number of ether oxygens (including phenoxy) is 1. The third-order valence-electron chi connectivity index (χ3n) is 6.11. The molecule has 0 spiro atoms. The lowest BCUT2D eigenvalue weighted by Gasteiger charge is -2.20. The molecule has 3 aliphatic rings. The zero-order valence-corrected chi connectivity index (χ0v) is 20.3. The van der Waals surface area contributed by atoms with Crippen molar-refractivity contribution >= 4 is 39.9 Å². The van der Waals surface area contributed by atoms with Gasteiger partial charge < -0.3 is 14.2 Å². The summed E-state index contributed by atoms with van der Waals surface area (Å²) in [4.78, 5) is 19.2. The van der Waals surface area contributed by atoms with Gasteiger partial charge in [-0.2, -0.15) is 10.0 Å². The van der Waals surface area contributed by atoms with Crippen LogP contribution in [0.4, 0.5) is 0 Å². The highest BCUT2D eigenvalue weighted by Crippen LogP contribution is 2.31. The largest absolute Gasteiger partial charge is 0.493 e. The number of aryl methyl sites for hydroxylation is 3. The summed E-state index contributed by atoms with van der Waals surface area (Å²) >= 11 is 1.37. The third-order valence-corrected chi connectivity index (χ3v) is 7.08. The van der Waals surface area contributed by atoms with E-state index in [9.17, 15) is 4.79 Å². The molecule has 1 fully saturated rings. The SMILES string of the molecule is Cc1ccc(OCCCn2cccc2/C=C2\C(=N)N3N=C(N4CCCC4)SC3=NC2=O)c(C)c1. The molecule has 176 valence electrons. The van der Waals surface area contributed by atoms with Crippen molar-refractivity contribution in [3.05, 3.63) is 58.9 Å². The Balaban J connectivity index is 1.25. The van der Waals surface area contributed by atoms with E-state index < -0.39 is 5.91 Å². The molecule has 1 saturated heterocycles. The Morgan fingerprint density at radius 3 is 2.79 bits per heavy atom. The van der Waals surface area contributed by atoms with E-state index in [1.807, 2.05) is 24.4 Å². The average Bonchev–Trinajstić information content (AvgIpc) is 3.56. The van der Waals surface area contributed by atoms with Crippen LogP contribution in [0.25, 0.3) is 6.08 Å². The van der Waals surface area contributed by atoms with Crippen molar-refractivity contribution in [2.45, 2.75) is 39.7 Å². The van der Waals surface area contributed by atoms with Crippen LogP contribution in [0.1, 0.15) is 36.1 Å². The number of rotatable bonds is 6. The highest BCUT2D eigenvalue weighted by Gasteiger charge is 2.37. The van der Waals surface area contributed by atoms with Crippen LogP contribution in [0.5, 0.6) is 5.75 Å². The number of hydrogen-bond donors (Lipinski definition) is 1. The van der Waals surface area contributed by atoms with Gasteiger partial charge in [-0.15, -0.1) is 5.10 Å². The number of aromatic nitrogens is 1. The van der Waals surface area contributed by atoms with Gasteiger partial charge in [0.05, 0.1) is 12.2 Å². The van der Waals surface area contributed by atoms with E-state index in [-0.39, 0.29) is 11.4 Å². The van der Waals surface area contributed by atoms with E-state index in [0.29, 0.717) is 11.8 Å². The first-order valence-corrected chi connectivity index (χ1v) is 12.4. The summed E-state index contributed by atoms with van der Waals surface area (Å²) in [7, 11) is 0. The number of amides is 1. The average molecular weight is 477 g/mol. The quantitative estimate of drug-likeness (QED) is 0.498. The van der Waals surface area contributed by atoms with E-state index in [2.05, 4.69) is 45.5 Å². The maximum atomic E-state index is 12.8. The molecule has 9 heteroatoms. The number of carbonyl (C=O) groups excluding carboxylic acids is 1. The van der Waals surface area contributed by atoms with Gasteiger partial charge in [0.15, 0.2) is 11.0 Å². The zero-order chi connectivity index (χ0) is 23.7. The fraction of sp³-hybridized carbons (Fsp3) is 0.360. The van der Waals surface area contributed by atoms with Crippen molar-refractivity contribution in [1.29, 1.82) is 5.41 Å². The number of aliphatic imine (C=N–C) groups is 1. The van der Waals surface area contributed by atoms with Gasteiger partial charge in [-0.05, 0) is 74.7 Å². The monoisotopic (exact) mass is 476 g/mol. The molecule has 0 unspecified atom stereocenters. The minimum absolute atomic E-state index is 0.0719. The smallest absolute Gasteiger partial charge is 0.283 e. The highest BCUT2D eigenvalue weighted by atomic mass is 32.2. The summed E-state index contributed by atoms with van der Waals surface area (Å²) in [5.41, 5.74) is 3.46. The summed E-state index contributed by atoms with van der Waals surface area (Å²) < 4.78 is 8.02. The van der Waals surface area contributed by atoms with Gasteiger partial charge in [-0.25, -0.2) is 0 Å². The van der Waals surface area contributed by atoms with E-state index >= 15 is 0 Å². The number of amidine groups is 3. The van der Waals surface area contributed by atoms with E-state index in [1.165, 1.54) is 22.3 Å². The summed E-state index contributed by atoms with van der Waals surface area (Å²) in [6.45, 7) is 7.38. The fourth-order valence-corrected chi connectivity index (χ4v) is 5.25. The lowest BCUT2D eigenvalue weighted by molar-refractivity contribution is -0.114. The van der Waals surface area contributed by atoms with Crippen LogP contribution in [0.2, 0.25) is 0 Å². The lowest BCUT2D eigenvalue weighted by atomic mass is 10.1. The summed E-state index contributed by atoms with van der Waals surface area (Å²) in [5, 5.41) is 16.0. The first-order valence-electron chi connectivity index (χ1n) is 11.6. The second-order valence-electron chi connectivity index (χ2n) is 8.69. The van der Waals surface area contributed by atoms with Gasteiger partial charge in [0.2, 0.25) is 5.17 Å². The molecule has 1 N–H and O–H groups in total. The van der Waals surface area contributed by atoms with E-state index in [1.54, 1.807) is 6.08 Å². The van der Waals surface area contributed by atoms with Crippen LogP contribution in [-0.2, 0) is 11.3 Å². The number of benzene rings is 1. The maximum absolute atomic E-state index is 12.8. The molecule has 1 amide bonds. The number of carbonyl (C=O) groups is 1. The molecule has 0 atom stereocenters. The van der Waals surface area contributed by atoms with Crippen molar-refractivity contribution in [3.63, 3.8) is 0 Å². The number of fused-ring (bicyclic) bond motifs is 1. The molecule has 8 nitrogen and oxygen atoms in total. The molecule has 0 aliphatic carbocycles. The lowest BCUT2D eigenvalue weighted by Crippen LogP contribution is -2.35. The van der Waals surface area contributed by atoms with E-state index in [0.717, 1.165) is 61.1 Å². The van der Waals surface area contributed by atoms with E-state index in [4.69, 9.17) is 10.1 Å². The first-order chi connectivity index (χ1) is 16.5. The topological polar surface area (TPSA) is 86.3 Å².